The largest absolute Gasteiger partial charge is 0.359 e. The summed E-state index contributed by atoms with van der Waals surface area (Å²) < 4.78 is 0. The van der Waals surface area contributed by atoms with Crippen molar-refractivity contribution in [1.29, 1.82) is 0 Å². The van der Waals surface area contributed by atoms with Gasteiger partial charge in [-0.1, -0.05) is 48.5 Å². The second-order valence-electron chi connectivity index (χ2n) is 5.90. The lowest BCUT2D eigenvalue weighted by molar-refractivity contribution is -0.119. The number of benzene rings is 2. The Bertz CT molecular complexity index is 639. The molecular weight excluding hydrogens is 272 g/mol. The van der Waals surface area contributed by atoms with Crippen LogP contribution in [-0.2, 0) is 17.6 Å². The van der Waals surface area contributed by atoms with E-state index >= 15 is 0 Å². The number of amides is 1. The van der Waals surface area contributed by atoms with Gasteiger partial charge in [0.25, 0.3) is 0 Å². The minimum Gasteiger partial charge on any atom is -0.359 e. The van der Waals surface area contributed by atoms with Gasteiger partial charge in [0.2, 0.25) is 5.91 Å². The van der Waals surface area contributed by atoms with Gasteiger partial charge in [0.15, 0.2) is 0 Å². The van der Waals surface area contributed by atoms with Gasteiger partial charge < -0.3 is 10.2 Å². The summed E-state index contributed by atoms with van der Waals surface area (Å²) in [7, 11) is 0. The Labute approximate surface area is 132 Å². The molecule has 22 heavy (non-hydrogen) atoms. The van der Waals surface area contributed by atoms with Crippen molar-refractivity contribution in [1.82, 2.24) is 5.32 Å². The minimum atomic E-state index is 0.0967. The van der Waals surface area contributed by atoms with E-state index in [9.17, 15) is 4.79 Å². The van der Waals surface area contributed by atoms with Gasteiger partial charge >= 0.3 is 0 Å². The van der Waals surface area contributed by atoms with Crippen LogP contribution in [0, 0.1) is 0 Å². The van der Waals surface area contributed by atoms with E-state index in [1.165, 1.54) is 16.8 Å². The van der Waals surface area contributed by atoms with Gasteiger partial charge in [-0.3, -0.25) is 4.79 Å². The van der Waals surface area contributed by atoms with Gasteiger partial charge in [0.1, 0.15) is 0 Å². The summed E-state index contributed by atoms with van der Waals surface area (Å²) in [6.45, 7) is 3.30. The number of carbonyl (C=O) groups excluding carboxylic acids is 1. The number of carbonyl (C=O) groups is 1. The van der Waals surface area contributed by atoms with E-state index in [0.717, 1.165) is 12.8 Å². The summed E-state index contributed by atoms with van der Waals surface area (Å²) >= 11 is 0. The summed E-state index contributed by atoms with van der Waals surface area (Å²) in [5.74, 6) is 0.0967. The fourth-order valence-corrected chi connectivity index (χ4v) is 3.07. The second-order valence-corrected chi connectivity index (χ2v) is 5.90. The van der Waals surface area contributed by atoms with Crippen molar-refractivity contribution in [2.24, 2.45) is 0 Å². The number of hydrogen-bond acceptors (Lipinski definition) is 2. The highest BCUT2D eigenvalue weighted by Gasteiger charge is 2.26. The van der Waals surface area contributed by atoms with Crippen LogP contribution in [0.4, 0.5) is 5.69 Å². The summed E-state index contributed by atoms with van der Waals surface area (Å²) in [4.78, 5) is 14.4. The van der Waals surface area contributed by atoms with E-state index in [4.69, 9.17) is 0 Å². The predicted octanol–water partition coefficient (Wildman–Crippen LogP) is 2.80. The van der Waals surface area contributed by atoms with Crippen LogP contribution in [0.2, 0.25) is 0 Å². The number of anilines is 1. The van der Waals surface area contributed by atoms with Crippen molar-refractivity contribution >= 4 is 11.6 Å². The van der Waals surface area contributed by atoms with Crippen molar-refractivity contribution < 1.29 is 4.79 Å². The molecule has 3 heteroatoms. The van der Waals surface area contributed by atoms with Crippen LogP contribution < -0.4 is 10.2 Å². The Morgan fingerprint density at radius 3 is 2.68 bits per heavy atom. The van der Waals surface area contributed by atoms with E-state index in [1.54, 1.807) is 0 Å². The van der Waals surface area contributed by atoms with Gasteiger partial charge in [-0.05, 0) is 37.0 Å². The minimum absolute atomic E-state index is 0.0967. The quantitative estimate of drug-likeness (QED) is 0.919. The number of nitrogens with zero attached hydrogens (tertiary/aromatic N) is 1. The zero-order valence-electron chi connectivity index (χ0n) is 13.0. The molecule has 1 heterocycles. The van der Waals surface area contributed by atoms with E-state index in [-0.39, 0.29) is 5.91 Å². The smallest absolute Gasteiger partial charge is 0.239 e. The number of rotatable bonds is 5. The molecule has 1 N–H and O–H groups in total. The molecule has 1 aliphatic rings. The lowest BCUT2D eigenvalue weighted by Gasteiger charge is -2.24. The number of nitrogens with one attached hydrogen (secondary N) is 1. The Kier molecular flexibility index (Phi) is 4.42. The van der Waals surface area contributed by atoms with Gasteiger partial charge in [-0.25, -0.2) is 0 Å². The lowest BCUT2D eigenvalue weighted by Crippen LogP contribution is -2.40. The van der Waals surface area contributed by atoms with Crippen LogP contribution in [-0.4, -0.2) is 25.0 Å². The molecule has 0 bridgehead atoms. The third-order valence-corrected chi connectivity index (χ3v) is 4.24. The first-order valence-electron chi connectivity index (χ1n) is 7.89. The molecule has 1 atom stereocenters. The van der Waals surface area contributed by atoms with Crippen LogP contribution in [0.1, 0.15) is 18.1 Å². The second kappa shape index (κ2) is 6.65. The molecule has 114 valence electrons. The zero-order valence-corrected chi connectivity index (χ0v) is 13.0. The Morgan fingerprint density at radius 1 is 1.14 bits per heavy atom. The third-order valence-electron chi connectivity index (χ3n) is 4.24. The molecule has 1 unspecified atom stereocenters. The molecule has 0 saturated carbocycles. The summed E-state index contributed by atoms with van der Waals surface area (Å²) in [5.41, 5.74) is 3.79. The lowest BCUT2D eigenvalue weighted by atomic mass is 10.1. The van der Waals surface area contributed by atoms with Crippen molar-refractivity contribution in [3.05, 3.63) is 65.7 Å². The monoisotopic (exact) mass is 294 g/mol. The number of para-hydroxylation sites is 1. The van der Waals surface area contributed by atoms with Crippen LogP contribution in [0.25, 0.3) is 0 Å². The molecule has 2 aromatic carbocycles. The Hall–Kier alpha value is -2.29. The van der Waals surface area contributed by atoms with Crippen LogP contribution in [0.5, 0.6) is 0 Å². The molecule has 1 aliphatic heterocycles. The Balaban J connectivity index is 1.52. The summed E-state index contributed by atoms with van der Waals surface area (Å²) in [5, 5.41) is 3.03. The van der Waals surface area contributed by atoms with Crippen LogP contribution in [0.15, 0.2) is 54.6 Å². The summed E-state index contributed by atoms with van der Waals surface area (Å²) in [6, 6.07) is 19.0. The van der Waals surface area contributed by atoms with Crippen LogP contribution >= 0.6 is 0 Å². The average molecular weight is 294 g/mol. The zero-order chi connectivity index (χ0) is 15.4. The molecule has 0 aromatic heterocycles. The molecule has 0 saturated heterocycles. The number of hydrogen-bond donors (Lipinski definition) is 1. The maximum Gasteiger partial charge on any atom is 0.239 e. The predicted molar refractivity (Wildman–Crippen MR) is 90.1 cm³/mol. The fraction of sp³-hybridized carbons (Fsp3) is 0.316. The third kappa shape index (κ3) is 3.30. The van der Waals surface area contributed by atoms with Gasteiger partial charge in [-0.2, -0.15) is 0 Å². The van der Waals surface area contributed by atoms with Crippen molar-refractivity contribution in [3.8, 4) is 0 Å². The van der Waals surface area contributed by atoms with Gasteiger partial charge in [0.05, 0.1) is 6.54 Å². The van der Waals surface area contributed by atoms with Gasteiger partial charge in [0, 0.05) is 18.3 Å². The van der Waals surface area contributed by atoms with E-state index in [1.807, 2.05) is 24.3 Å². The highest BCUT2D eigenvalue weighted by molar-refractivity contribution is 5.82. The van der Waals surface area contributed by atoms with Crippen molar-refractivity contribution in [3.63, 3.8) is 0 Å². The number of fused-ring (bicyclic) bond motifs is 1. The first-order valence-corrected chi connectivity index (χ1v) is 7.89. The molecule has 0 fully saturated rings. The maximum atomic E-state index is 12.2. The van der Waals surface area contributed by atoms with Crippen molar-refractivity contribution in [2.75, 3.05) is 18.0 Å². The molecular formula is C19H22N2O. The van der Waals surface area contributed by atoms with E-state index in [0.29, 0.717) is 19.1 Å². The molecule has 1 amide bonds. The normalized spacial score (nSPS) is 16.4. The first-order chi connectivity index (χ1) is 10.7. The highest BCUT2D eigenvalue weighted by Crippen LogP contribution is 2.31. The summed E-state index contributed by atoms with van der Waals surface area (Å²) in [6.07, 6.45) is 1.90. The highest BCUT2D eigenvalue weighted by atomic mass is 16.2. The molecule has 0 aliphatic carbocycles. The standard InChI is InChI=1S/C19H22N2O/c1-15-13-17-9-5-6-10-18(17)21(15)14-19(22)20-12-11-16-7-3-2-4-8-16/h2-10,15H,11-14H2,1H3,(H,20,22). The molecule has 0 spiro atoms. The molecule has 3 rings (SSSR count). The van der Waals surface area contributed by atoms with E-state index in [2.05, 4.69) is 47.5 Å². The van der Waals surface area contributed by atoms with E-state index < -0.39 is 0 Å². The fourth-order valence-electron chi connectivity index (χ4n) is 3.07. The van der Waals surface area contributed by atoms with Gasteiger partial charge in [-0.15, -0.1) is 0 Å². The first kappa shape index (κ1) is 14.6. The van der Waals surface area contributed by atoms with Crippen LogP contribution in [0.3, 0.4) is 0 Å². The Morgan fingerprint density at radius 2 is 1.86 bits per heavy atom. The molecule has 3 nitrogen and oxygen atoms in total. The van der Waals surface area contributed by atoms with Crippen molar-refractivity contribution in [2.45, 2.75) is 25.8 Å². The maximum absolute atomic E-state index is 12.2. The molecule has 2 aromatic rings. The SMILES string of the molecule is CC1Cc2ccccc2N1CC(=O)NCCc1ccccc1. The average Bonchev–Trinajstić information content (AvgIpc) is 2.84. The molecule has 0 radical (unpaired) electrons. The topological polar surface area (TPSA) is 32.3 Å².